The fourth-order valence-electron chi connectivity index (χ4n) is 3.98. The van der Waals surface area contributed by atoms with Crippen molar-refractivity contribution in [2.24, 2.45) is 0 Å². The minimum Gasteiger partial charge on any atom is -0.391 e. The van der Waals surface area contributed by atoms with Crippen molar-refractivity contribution in [2.45, 2.75) is 36.6 Å². The average molecular weight is 526 g/mol. The van der Waals surface area contributed by atoms with Gasteiger partial charge in [-0.2, -0.15) is 13.2 Å². The van der Waals surface area contributed by atoms with Crippen molar-refractivity contribution in [2.75, 3.05) is 4.31 Å². The average Bonchev–Trinajstić information content (AvgIpc) is 2.79. The summed E-state index contributed by atoms with van der Waals surface area (Å²) in [5.41, 5.74) is 0.302. The molecule has 35 heavy (non-hydrogen) atoms. The highest BCUT2D eigenvalue weighted by atomic mass is 35.5. The summed E-state index contributed by atoms with van der Waals surface area (Å²) in [6.07, 6.45) is -2.63. The second-order valence-corrected chi connectivity index (χ2v) is 10.4. The zero-order valence-corrected chi connectivity index (χ0v) is 19.9. The lowest BCUT2D eigenvalue weighted by Gasteiger charge is -2.39. The third kappa shape index (κ3) is 4.94. The largest absolute Gasteiger partial charge is 0.416 e. The van der Waals surface area contributed by atoms with Gasteiger partial charge in [0.1, 0.15) is 5.82 Å². The fourth-order valence-corrected chi connectivity index (χ4v) is 5.96. The zero-order chi connectivity index (χ0) is 25.5. The zero-order valence-electron chi connectivity index (χ0n) is 18.3. The minimum absolute atomic E-state index is 0.157. The van der Waals surface area contributed by atoms with Crippen molar-refractivity contribution in [3.8, 4) is 0 Å². The van der Waals surface area contributed by atoms with Crippen LogP contribution in [0.1, 0.15) is 29.2 Å². The number of rotatable bonds is 4. The van der Waals surface area contributed by atoms with E-state index in [2.05, 4.69) is 0 Å². The lowest BCUT2D eigenvalue weighted by molar-refractivity contribution is -0.137. The van der Waals surface area contributed by atoms with Crippen LogP contribution >= 0.6 is 11.6 Å². The molecule has 1 aliphatic rings. The molecule has 184 valence electrons. The van der Waals surface area contributed by atoms with Crippen molar-refractivity contribution in [3.63, 3.8) is 0 Å². The second kappa shape index (κ2) is 9.29. The van der Waals surface area contributed by atoms with Gasteiger partial charge in [-0.25, -0.2) is 12.8 Å². The molecule has 1 heterocycles. The number of hydrogen-bond donors (Lipinski definition) is 1. The molecule has 10 heteroatoms. The van der Waals surface area contributed by atoms with Gasteiger partial charge in [0.05, 0.1) is 33.3 Å². The Bertz CT molecular complexity index is 1390. The fraction of sp³-hybridized carbons (Fsp3) is 0.200. The van der Waals surface area contributed by atoms with Gasteiger partial charge in [-0.1, -0.05) is 41.9 Å². The van der Waals surface area contributed by atoms with Crippen LogP contribution in [0, 0.1) is 5.82 Å². The summed E-state index contributed by atoms with van der Waals surface area (Å²) < 4.78 is 81.8. The third-order valence-corrected chi connectivity index (χ3v) is 8.09. The van der Waals surface area contributed by atoms with Crippen LogP contribution in [0.4, 0.5) is 23.2 Å². The van der Waals surface area contributed by atoms with Gasteiger partial charge in [-0.15, -0.1) is 0 Å². The van der Waals surface area contributed by atoms with E-state index in [1.54, 1.807) is 18.2 Å². The Hall–Kier alpha value is -2.88. The van der Waals surface area contributed by atoms with Crippen molar-refractivity contribution in [3.05, 3.63) is 93.8 Å². The van der Waals surface area contributed by atoms with E-state index in [1.165, 1.54) is 37.3 Å². The number of fused-ring (bicyclic) bond motifs is 1. The topological polar surface area (TPSA) is 57.6 Å². The molecular formula is C25H20ClF4NO3S. The molecule has 0 aromatic heterocycles. The molecule has 0 fully saturated rings. The molecule has 1 N–H and O–H groups in total. The third-order valence-electron chi connectivity index (χ3n) is 5.86. The Morgan fingerprint density at radius 1 is 1.06 bits per heavy atom. The van der Waals surface area contributed by atoms with Crippen LogP contribution in [0.2, 0.25) is 5.02 Å². The lowest BCUT2D eigenvalue weighted by atomic mass is 9.95. The highest BCUT2D eigenvalue weighted by Crippen LogP contribution is 2.38. The van der Waals surface area contributed by atoms with Crippen molar-refractivity contribution in [1.82, 2.24) is 0 Å². The second-order valence-electron chi connectivity index (χ2n) is 8.20. The predicted octanol–water partition coefficient (Wildman–Crippen LogP) is 6.17. The molecule has 0 spiro atoms. The predicted molar refractivity (Wildman–Crippen MR) is 127 cm³/mol. The monoisotopic (exact) mass is 525 g/mol. The van der Waals surface area contributed by atoms with E-state index < -0.39 is 44.6 Å². The molecular weight excluding hydrogens is 506 g/mol. The van der Waals surface area contributed by atoms with Gasteiger partial charge in [0.2, 0.25) is 0 Å². The number of sulfonamides is 1. The first-order chi connectivity index (χ1) is 16.4. The van der Waals surface area contributed by atoms with E-state index >= 15 is 0 Å². The van der Waals surface area contributed by atoms with Crippen LogP contribution in [-0.4, -0.2) is 25.7 Å². The molecule has 0 aliphatic carbocycles. The van der Waals surface area contributed by atoms with Gasteiger partial charge >= 0.3 is 6.18 Å². The number of halogens is 5. The number of anilines is 1. The number of aliphatic hydroxyl groups excluding tert-OH is 1. The van der Waals surface area contributed by atoms with Gasteiger partial charge in [0, 0.05) is 12.0 Å². The standard InChI is InChI=1S/C25H20ClF4NO3S/c1-15-24(32)13-17-10-8-16(9-11-20-21(26)6-3-7-22(20)27)12-23(17)31(15)35(33,34)19-5-2-4-18(14-19)25(28,29)30/h2-12,14-15,24,32H,13H2,1H3/t15-,24-/m1/s1. The number of benzene rings is 3. The van der Waals surface area contributed by atoms with E-state index in [0.717, 1.165) is 22.5 Å². The minimum atomic E-state index is -4.72. The molecule has 4 nitrogen and oxygen atoms in total. The molecule has 2 atom stereocenters. The van der Waals surface area contributed by atoms with Crippen LogP contribution in [0.25, 0.3) is 12.2 Å². The normalized spacial score (nSPS) is 18.7. The van der Waals surface area contributed by atoms with Gasteiger partial charge in [-0.05, 0) is 60.5 Å². The Kier molecular flexibility index (Phi) is 6.70. The number of aliphatic hydroxyl groups is 1. The molecule has 3 aromatic rings. The van der Waals surface area contributed by atoms with Crippen molar-refractivity contribution >= 4 is 39.5 Å². The van der Waals surface area contributed by atoms with E-state index in [-0.39, 0.29) is 22.7 Å². The van der Waals surface area contributed by atoms with Crippen molar-refractivity contribution < 1.29 is 31.1 Å². The van der Waals surface area contributed by atoms with Gasteiger partial charge in [0.25, 0.3) is 10.0 Å². The Morgan fingerprint density at radius 3 is 2.46 bits per heavy atom. The van der Waals surface area contributed by atoms with E-state index in [0.29, 0.717) is 17.2 Å². The molecule has 0 saturated carbocycles. The molecule has 1 aliphatic heterocycles. The Morgan fingerprint density at radius 2 is 1.77 bits per heavy atom. The first-order valence-corrected chi connectivity index (χ1v) is 12.4. The van der Waals surface area contributed by atoms with Gasteiger partial charge in [-0.3, -0.25) is 4.31 Å². The first-order valence-electron chi connectivity index (χ1n) is 10.5. The lowest BCUT2D eigenvalue weighted by Crippen LogP contribution is -2.49. The number of alkyl halides is 3. The van der Waals surface area contributed by atoms with Crippen LogP contribution < -0.4 is 4.31 Å². The SMILES string of the molecule is C[C@@H]1[C@H](O)Cc2ccc(C=Cc3c(F)cccc3Cl)cc2N1S(=O)(=O)c1cccc(C(F)(F)F)c1. The summed E-state index contributed by atoms with van der Waals surface area (Å²) in [4.78, 5) is -0.543. The molecule has 4 rings (SSSR count). The molecule has 0 radical (unpaired) electrons. The molecule has 0 bridgehead atoms. The summed E-state index contributed by atoms with van der Waals surface area (Å²) in [6, 6.07) is 11.6. The Balaban J connectivity index is 1.80. The molecule has 0 amide bonds. The highest BCUT2D eigenvalue weighted by molar-refractivity contribution is 7.92. The van der Waals surface area contributed by atoms with Crippen molar-refractivity contribution in [1.29, 1.82) is 0 Å². The summed E-state index contributed by atoms with van der Waals surface area (Å²) in [5, 5.41) is 10.7. The van der Waals surface area contributed by atoms with Crippen LogP contribution in [-0.2, 0) is 22.6 Å². The van der Waals surface area contributed by atoms with Crippen LogP contribution in [0.15, 0.2) is 65.6 Å². The first kappa shape index (κ1) is 25.2. The smallest absolute Gasteiger partial charge is 0.391 e. The number of nitrogens with zero attached hydrogens (tertiary/aromatic N) is 1. The van der Waals surface area contributed by atoms with Gasteiger partial charge in [0.15, 0.2) is 0 Å². The summed E-state index contributed by atoms with van der Waals surface area (Å²) in [5.74, 6) is -0.530. The summed E-state index contributed by atoms with van der Waals surface area (Å²) >= 11 is 6.06. The van der Waals surface area contributed by atoms with E-state index in [9.17, 15) is 31.1 Å². The molecule has 0 unspecified atom stereocenters. The maximum atomic E-state index is 14.1. The Labute approximate surface area is 205 Å². The van der Waals surface area contributed by atoms with Gasteiger partial charge < -0.3 is 5.11 Å². The van der Waals surface area contributed by atoms with Crippen LogP contribution in [0.3, 0.4) is 0 Å². The maximum Gasteiger partial charge on any atom is 0.416 e. The quantitative estimate of drug-likeness (QED) is 0.327. The maximum absolute atomic E-state index is 14.1. The molecule has 0 saturated heterocycles. The van der Waals surface area contributed by atoms with E-state index in [4.69, 9.17) is 11.6 Å². The van der Waals surface area contributed by atoms with Crippen LogP contribution in [0.5, 0.6) is 0 Å². The summed E-state index contributed by atoms with van der Waals surface area (Å²) in [6.45, 7) is 1.49. The van der Waals surface area contributed by atoms with E-state index in [1.807, 2.05) is 0 Å². The molecule has 3 aromatic carbocycles. The highest BCUT2D eigenvalue weighted by Gasteiger charge is 2.39. The summed E-state index contributed by atoms with van der Waals surface area (Å²) in [7, 11) is -4.47. The number of hydrogen-bond acceptors (Lipinski definition) is 3.